The number of benzene rings is 2. The molecule has 0 bridgehead atoms. The van der Waals surface area contributed by atoms with Gasteiger partial charge in [0.05, 0.1) is 17.0 Å². The largest absolute Gasteiger partial charge is 0.324 e. The number of nitrogens with zero attached hydrogens (tertiary/aromatic N) is 1. The molecule has 1 unspecified atom stereocenters. The Morgan fingerprint density at radius 3 is 2.44 bits per heavy atom. The Morgan fingerprint density at radius 2 is 1.88 bits per heavy atom. The minimum absolute atomic E-state index is 0.0160. The minimum Gasteiger partial charge on any atom is -0.324 e. The molecule has 2 aromatic rings. The van der Waals surface area contributed by atoms with Crippen molar-refractivity contribution in [1.82, 2.24) is 0 Å². The lowest BCUT2D eigenvalue weighted by atomic mass is 10.2. The zero-order chi connectivity index (χ0) is 18.8. The molecule has 0 aromatic heterocycles. The van der Waals surface area contributed by atoms with E-state index in [2.05, 4.69) is 5.32 Å². The van der Waals surface area contributed by atoms with Gasteiger partial charge in [0.1, 0.15) is 17.7 Å². The van der Waals surface area contributed by atoms with Crippen molar-refractivity contribution in [2.24, 2.45) is 0 Å². The van der Waals surface area contributed by atoms with Crippen molar-refractivity contribution in [3.63, 3.8) is 0 Å². The monoisotopic (exact) mass is 388 g/mol. The summed E-state index contributed by atoms with van der Waals surface area (Å²) in [5.41, 5.74) is 0.221. The summed E-state index contributed by atoms with van der Waals surface area (Å²) in [5.74, 6) is -1.97. The maximum absolute atomic E-state index is 13.4. The highest BCUT2D eigenvalue weighted by Crippen LogP contribution is 2.23. The van der Waals surface area contributed by atoms with Crippen molar-refractivity contribution in [1.29, 1.82) is 0 Å². The molecule has 0 saturated heterocycles. The van der Waals surface area contributed by atoms with Crippen LogP contribution in [0.25, 0.3) is 0 Å². The molecule has 9 heteroatoms. The molecule has 2 rings (SSSR count). The fourth-order valence-corrected chi connectivity index (χ4v) is 3.59. The van der Waals surface area contributed by atoms with Crippen molar-refractivity contribution in [3.05, 3.63) is 59.1 Å². The Morgan fingerprint density at radius 1 is 1.20 bits per heavy atom. The second kappa shape index (κ2) is 7.37. The summed E-state index contributed by atoms with van der Waals surface area (Å²) in [6.07, 6.45) is 0.913. The van der Waals surface area contributed by atoms with Crippen LogP contribution in [-0.2, 0) is 14.8 Å². The first-order valence-corrected chi connectivity index (χ1v) is 9.33. The number of amides is 1. The molecule has 0 saturated carbocycles. The second-order valence-corrected chi connectivity index (χ2v) is 7.60. The second-order valence-electron chi connectivity index (χ2n) is 5.33. The number of sulfonamides is 1. The number of hydrogen-bond donors (Lipinski definition) is 1. The quantitative estimate of drug-likeness (QED) is 0.853. The van der Waals surface area contributed by atoms with E-state index in [-0.39, 0.29) is 16.4 Å². The number of carbonyl (C=O) groups excluding carboxylic acids is 1. The van der Waals surface area contributed by atoms with Crippen LogP contribution in [0.2, 0.25) is 5.02 Å². The molecule has 0 fully saturated rings. The number of rotatable bonds is 5. The maximum Gasteiger partial charge on any atom is 0.247 e. The molecule has 134 valence electrons. The lowest BCUT2D eigenvalue weighted by molar-refractivity contribution is -0.116. The molecule has 5 nitrogen and oxygen atoms in total. The molecule has 0 heterocycles. The highest BCUT2D eigenvalue weighted by atomic mass is 35.5. The van der Waals surface area contributed by atoms with Gasteiger partial charge in [-0.05, 0) is 43.3 Å². The third kappa shape index (κ3) is 4.67. The summed E-state index contributed by atoms with van der Waals surface area (Å²) in [5, 5.41) is 2.27. The van der Waals surface area contributed by atoms with Crippen LogP contribution in [0, 0.1) is 11.6 Å². The molecule has 0 aliphatic heterocycles. The van der Waals surface area contributed by atoms with Gasteiger partial charge in [0, 0.05) is 5.69 Å². The Balaban J connectivity index is 2.31. The number of carbonyl (C=O) groups is 1. The van der Waals surface area contributed by atoms with E-state index in [4.69, 9.17) is 11.6 Å². The average Bonchev–Trinajstić information content (AvgIpc) is 2.49. The number of nitrogens with one attached hydrogen (secondary N) is 1. The van der Waals surface area contributed by atoms with Gasteiger partial charge in [-0.15, -0.1) is 0 Å². The van der Waals surface area contributed by atoms with E-state index < -0.39 is 33.6 Å². The average molecular weight is 389 g/mol. The smallest absolute Gasteiger partial charge is 0.247 e. The van der Waals surface area contributed by atoms with Crippen LogP contribution < -0.4 is 9.62 Å². The first kappa shape index (κ1) is 19.1. The third-order valence-electron chi connectivity index (χ3n) is 3.34. The van der Waals surface area contributed by atoms with Crippen LogP contribution in [0.1, 0.15) is 6.92 Å². The molecule has 1 amide bonds. The van der Waals surface area contributed by atoms with Gasteiger partial charge in [-0.2, -0.15) is 0 Å². The van der Waals surface area contributed by atoms with Gasteiger partial charge in [-0.25, -0.2) is 17.2 Å². The van der Waals surface area contributed by atoms with Gasteiger partial charge in [0.2, 0.25) is 15.9 Å². The summed E-state index contributed by atoms with van der Waals surface area (Å²) in [6, 6.07) is 7.28. The van der Waals surface area contributed by atoms with Crippen LogP contribution in [0.15, 0.2) is 42.5 Å². The van der Waals surface area contributed by atoms with Crippen LogP contribution >= 0.6 is 11.6 Å². The zero-order valence-corrected chi connectivity index (χ0v) is 14.9. The molecule has 0 spiro atoms. The molecule has 0 aliphatic carbocycles. The Bertz CT molecular complexity index is 906. The number of halogens is 3. The number of anilines is 2. The summed E-state index contributed by atoms with van der Waals surface area (Å²) in [6.45, 7) is 1.35. The first-order valence-electron chi connectivity index (χ1n) is 7.10. The number of hydrogen-bond acceptors (Lipinski definition) is 3. The summed E-state index contributed by atoms with van der Waals surface area (Å²) < 4.78 is 51.6. The fourth-order valence-electron chi connectivity index (χ4n) is 2.24. The lowest BCUT2D eigenvalue weighted by Gasteiger charge is -2.28. The topological polar surface area (TPSA) is 66.5 Å². The maximum atomic E-state index is 13.4. The van der Waals surface area contributed by atoms with Crippen LogP contribution in [0.5, 0.6) is 0 Å². The van der Waals surface area contributed by atoms with Crippen molar-refractivity contribution >= 4 is 38.9 Å². The summed E-state index contributed by atoms with van der Waals surface area (Å²) >= 11 is 5.65. The van der Waals surface area contributed by atoms with Crippen LogP contribution in [0.4, 0.5) is 20.2 Å². The Labute approximate surface area is 149 Å². The van der Waals surface area contributed by atoms with E-state index in [1.54, 1.807) is 0 Å². The lowest BCUT2D eigenvalue weighted by Crippen LogP contribution is -2.45. The van der Waals surface area contributed by atoms with E-state index in [1.807, 2.05) is 0 Å². The highest BCUT2D eigenvalue weighted by molar-refractivity contribution is 7.92. The van der Waals surface area contributed by atoms with Crippen molar-refractivity contribution in [2.45, 2.75) is 13.0 Å². The van der Waals surface area contributed by atoms with Crippen molar-refractivity contribution in [2.75, 3.05) is 15.9 Å². The fraction of sp³-hybridized carbons (Fsp3) is 0.188. The van der Waals surface area contributed by atoms with Gasteiger partial charge >= 0.3 is 0 Å². The van der Waals surface area contributed by atoms with Gasteiger partial charge in [0.15, 0.2) is 0 Å². The molecular weight excluding hydrogens is 374 g/mol. The Kier molecular flexibility index (Phi) is 5.64. The predicted octanol–water partition coefficient (Wildman–Crippen LogP) is 3.41. The molecular formula is C16H15ClF2N2O3S. The van der Waals surface area contributed by atoms with Crippen molar-refractivity contribution < 1.29 is 22.0 Å². The van der Waals surface area contributed by atoms with Gasteiger partial charge in [-0.1, -0.05) is 17.7 Å². The van der Waals surface area contributed by atoms with Crippen LogP contribution in [-0.4, -0.2) is 26.6 Å². The first-order chi connectivity index (χ1) is 11.6. The normalized spacial score (nSPS) is 12.5. The minimum atomic E-state index is -3.87. The van der Waals surface area contributed by atoms with Crippen molar-refractivity contribution in [3.8, 4) is 0 Å². The highest BCUT2D eigenvalue weighted by Gasteiger charge is 2.29. The molecule has 1 atom stereocenters. The third-order valence-corrected chi connectivity index (χ3v) is 4.87. The Hall–Kier alpha value is -2.19. The van der Waals surface area contributed by atoms with Crippen LogP contribution in [0.3, 0.4) is 0 Å². The summed E-state index contributed by atoms with van der Waals surface area (Å²) in [4.78, 5) is 12.4. The van der Waals surface area contributed by atoms with Gasteiger partial charge in [0.25, 0.3) is 0 Å². The standard InChI is InChI=1S/C16H15ClF2N2O3S/c1-10(16(22)20-12-6-7-15(19)14(17)9-12)21(25(2,23)24)13-5-3-4-11(18)8-13/h3-10H,1-2H3,(H,20,22). The molecule has 1 N–H and O–H groups in total. The molecule has 0 aliphatic rings. The van der Waals surface area contributed by atoms with E-state index in [0.29, 0.717) is 0 Å². The summed E-state index contributed by atoms with van der Waals surface area (Å²) in [7, 11) is -3.87. The van der Waals surface area contributed by atoms with Gasteiger partial charge < -0.3 is 5.32 Å². The van der Waals surface area contributed by atoms with E-state index in [0.717, 1.165) is 28.8 Å². The van der Waals surface area contributed by atoms with E-state index in [9.17, 15) is 22.0 Å². The molecule has 2 aromatic carbocycles. The predicted molar refractivity (Wildman–Crippen MR) is 93.2 cm³/mol. The van der Waals surface area contributed by atoms with E-state index in [1.165, 1.54) is 31.2 Å². The SMILES string of the molecule is CC(C(=O)Nc1ccc(F)c(Cl)c1)N(c1cccc(F)c1)S(C)(=O)=O. The molecule has 25 heavy (non-hydrogen) atoms. The zero-order valence-electron chi connectivity index (χ0n) is 13.3. The van der Waals surface area contributed by atoms with E-state index >= 15 is 0 Å². The molecule has 0 radical (unpaired) electrons. The van der Waals surface area contributed by atoms with Gasteiger partial charge in [-0.3, -0.25) is 9.10 Å².